The molecular weight excluding hydrogens is 275 g/mol. The predicted molar refractivity (Wildman–Crippen MR) is 83.6 cm³/mol. The highest BCUT2D eigenvalue weighted by molar-refractivity contribution is 6.31. The maximum Gasteiger partial charge on any atom is 0.124 e. The number of benzene rings is 1. The van der Waals surface area contributed by atoms with Gasteiger partial charge < -0.3 is 5.11 Å². The maximum atomic E-state index is 12.9. The van der Waals surface area contributed by atoms with Crippen molar-refractivity contribution in [1.29, 1.82) is 0 Å². The Hall–Kier alpha value is -0.600. The molecule has 0 aromatic heterocycles. The Balaban J connectivity index is 2.15. The van der Waals surface area contributed by atoms with Crippen LogP contribution in [0.15, 0.2) is 18.2 Å². The monoisotopic (exact) mass is 300 g/mol. The normalized spacial score (nSPS) is 12.6. The molecule has 3 heteroatoms. The van der Waals surface area contributed by atoms with E-state index < -0.39 is 6.10 Å². The summed E-state index contributed by atoms with van der Waals surface area (Å²) in [6, 6.07) is 4.18. The number of unbranched alkanes of at least 4 members (excludes halogenated alkanes) is 7. The van der Waals surface area contributed by atoms with Crippen LogP contribution >= 0.6 is 11.6 Å². The molecule has 1 aromatic carbocycles. The first-order chi connectivity index (χ1) is 9.65. The Morgan fingerprint density at radius 3 is 2.25 bits per heavy atom. The summed E-state index contributed by atoms with van der Waals surface area (Å²) in [5.41, 5.74) is 0.635. The molecule has 0 aliphatic heterocycles. The number of aliphatic hydroxyl groups is 1. The average Bonchev–Trinajstić information content (AvgIpc) is 2.41. The van der Waals surface area contributed by atoms with Crippen molar-refractivity contribution < 1.29 is 9.50 Å². The molecule has 1 unspecified atom stereocenters. The zero-order valence-electron chi connectivity index (χ0n) is 12.4. The summed E-state index contributed by atoms with van der Waals surface area (Å²) in [7, 11) is 0. The molecule has 1 atom stereocenters. The fraction of sp³-hybridized carbons (Fsp3) is 0.647. The quantitative estimate of drug-likeness (QED) is 0.522. The lowest BCUT2D eigenvalue weighted by Gasteiger charge is -2.12. The van der Waals surface area contributed by atoms with Gasteiger partial charge in [-0.05, 0) is 24.1 Å². The Morgan fingerprint density at radius 2 is 1.65 bits per heavy atom. The van der Waals surface area contributed by atoms with E-state index in [2.05, 4.69) is 6.92 Å². The fourth-order valence-electron chi connectivity index (χ4n) is 2.40. The minimum absolute atomic E-state index is 0.317. The van der Waals surface area contributed by atoms with Gasteiger partial charge in [0.2, 0.25) is 0 Å². The fourth-order valence-corrected chi connectivity index (χ4v) is 2.69. The van der Waals surface area contributed by atoms with Gasteiger partial charge >= 0.3 is 0 Å². The molecule has 0 bridgehead atoms. The van der Waals surface area contributed by atoms with E-state index in [0.717, 1.165) is 12.8 Å². The van der Waals surface area contributed by atoms with Crippen LogP contribution in [0.3, 0.4) is 0 Å². The molecule has 1 nitrogen and oxygen atoms in total. The SMILES string of the molecule is CCCCCCCCCCC(O)c1ccc(F)cc1Cl. The van der Waals surface area contributed by atoms with Crippen molar-refractivity contribution in [2.45, 2.75) is 70.8 Å². The van der Waals surface area contributed by atoms with Crippen LogP contribution in [0.5, 0.6) is 0 Å². The Labute approximate surface area is 127 Å². The van der Waals surface area contributed by atoms with Crippen LogP contribution in [-0.4, -0.2) is 5.11 Å². The van der Waals surface area contributed by atoms with Gasteiger partial charge in [-0.1, -0.05) is 76.0 Å². The number of aliphatic hydroxyl groups excluding tert-OH is 1. The first-order valence-corrected chi connectivity index (χ1v) is 8.16. The third-order valence-electron chi connectivity index (χ3n) is 3.65. The van der Waals surface area contributed by atoms with E-state index in [0.29, 0.717) is 17.0 Å². The highest BCUT2D eigenvalue weighted by Crippen LogP contribution is 2.27. The zero-order valence-corrected chi connectivity index (χ0v) is 13.1. The third-order valence-corrected chi connectivity index (χ3v) is 3.98. The van der Waals surface area contributed by atoms with Gasteiger partial charge in [0.05, 0.1) is 6.10 Å². The summed E-state index contributed by atoms with van der Waals surface area (Å²) < 4.78 is 12.9. The Kier molecular flexibility index (Phi) is 8.88. The molecular formula is C17H26ClFO. The Bertz CT molecular complexity index is 381. The number of hydrogen-bond donors (Lipinski definition) is 1. The second-order valence-electron chi connectivity index (χ2n) is 5.45. The smallest absolute Gasteiger partial charge is 0.124 e. The Morgan fingerprint density at radius 1 is 1.05 bits per heavy atom. The number of halogens is 2. The first kappa shape index (κ1) is 17.5. The molecule has 0 saturated carbocycles. The molecule has 1 N–H and O–H groups in total. The molecule has 0 aliphatic rings. The first-order valence-electron chi connectivity index (χ1n) is 7.78. The molecule has 0 amide bonds. The van der Waals surface area contributed by atoms with Gasteiger partial charge in [0, 0.05) is 5.02 Å². The molecule has 0 radical (unpaired) electrons. The average molecular weight is 301 g/mol. The van der Waals surface area contributed by atoms with E-state index in [4.69, 9.17) is 11.6 Å². The summed E-state index contributed by atoms with van der Waals surface area (Å²) in [6.45, 7) is 2.22. The van der Waals surface area contributed by atoms with E-state index in [1.54, 1.807) is 6.07 Å². The van der Waals surface area contributed by atoms with Crippen LogP contribution in [0.25, 0.3) is 0 Å². The van der Waals surface area contributed by atoms with Gasteiger partial charge in [-0.3, -0.25) is 0 Å². The van der Waals surface area contributed by atoms with Crippen LogP contribution in [-0.2, 0) is 0 Å². The lowest BCUT2D eigenvalue weighted by Crippen LogP contribution is -1.99. The van der Waals surface area contributed by atoms with Crippen LogP contribution < -0.4 is 0 Å². The topological polar surface area (TPSA) is 20.2 Å². The van der Waals surface area contributed by atoms with E-state index in [1.165, 1.54) is 50.7 Å². The second kappa shape index (κ2) is 10.2. The highest BCUT2D eigenvalue weighted by atomic mass is 35.5. The van der Waals surface area contributed by atoms with Crippen molar-refractivity contribution in [3.05, 3.63) is 34.6 Å². The van der Waals surface area contributed by atoms with Gasteiger partial charge in [0.25, 0.3) is 0 Å². The van der Waals surface area contributed by atoms with E-state index in [-0.39, 0.29) is 5.82 Å². The standard InChI is InChI=1S/C17H26ClFO/c1-2-3-4-5-6-7-8-9-10-17(20)15-12-11-14(19)13-16(15)18/h11-13,17,20H,2-10H2,1H3. The lowest BCUT2D eigenvalue weighted by atomic mass is 10.0. The second-order valence-corrected chi connectivity index (χ2v) is 5.85. The summed E-state index contributed by atoms with van der Waals surface area (Å²) in [6.07, 6.45) is 10.0. The summed E-state index contributed by atoms with van der Waals surface area (Å²) in [5, 5.41) is 10.4. The van der Waals surface area contributed by atoms with Crippen molar-refractivity contribution in [3.63, 3.8) is 0 Å². The van der Waals surface area contributed by atoms with Gasteiger partial charge in [-0.25, -0.2) is 4.39 Å². The van der Waals surface area contributed by atoms with Crippen LogP contribution in [0.1, 0.15) is 76.4 Å². The zero-order chi connectivity index (χ0) is 14.8. The van der Waals surface area contributed by atoms with Crippen molar-refractivity contribution in [1.82, 2.24) is 0 Å². The molecule has 0 spiro atoms. The highest BCUT2D eigenvalue weighted by Gasteiger charge is 2.11. The minimum Gasteiger partial charge on any atom is -0.388 e. The van der Waals surface area contributed by atoms with E-state index in [9.17, 15) is 9.50 Å². The lowest BCUT2D eigenvalue weighted by molar-refractivity contribution is 0.163. The van der Waals surface area contributed by atoms with Gasteiger partial charge in [0.15, 0.2) is 0 Å². The van der Waals surface area contributed by atoms with Crippen molar-refractivity contribution in [2.24, 2.45) is 0 Å². The summed E-state index contributed by atoms with van der Waals surface area (Å²) in [5.74, 6) is -0.363. The van der Waals surface area contributed by atoms with Crippen molar-refractivity contribution in [3.8, 4) is 0 Å². The molecule has 0 saturated heterocycles. The van der Waals surface area contributed by atoms with E-state index >= 15 is 0 Å². The molecule has 0 aliphatic carbocycles. The molecule has 0 heterocycles. The predicted octanol–water partition coefficient (Wildman–Crippen LogP) is 6.04. The molecule has 1 aromatic rings. The van der Waals surface area contributed by atoms with Crippen LogP contribution in [0.4, 0.5) is 4.39 Å². The van der Waals surface area contributed by atoms with Gasteiger partial charge in [-0.2, -0.15) is 0 Å². The summed E-state index contributed by atoms with van der Waals surface area (Å²) in [4.78, 5) is 0. The third kappa shape index (κ3) is 6.71. The maximum absolute atomic E-state index is 12.9. The van der Waals surface area contributed by atoms with Crippen LogP contribution in [0.2, 0.25) is 5.02 Å². The largest absolute Gasteiger partial charge is 0.388 e. The van der Waals surface area contributed by atoms with Crippen molar-refractivity contribution >= 4 is 11.6 Å². The number of rotatable bonds is 10. The van der Waals surface area contributed by atoms with Gasteiger partial charge in [0.1, 0.15) is 5.82 Å². The molecule has 20 heavy (non-hydrogen) atoms. The molecule has 0 fully saturated rings. The minimum atomic E-state index is -0.580. The van der Waals surface area contributed by atoms with Crippen LogP contribution in [0, 0.1) is 5.82 Å². The molecule has 114 valence electrons. The van der Waals surface area contributed by atoms with Gasteiger partial charge in [-0.15, -0.1) is 0 Å². The van der Waals surface area contributed by atoms with E-state index in [1.807, 2.05) is 0 Å². The number of hydrogen-bond acceptors (Lipinski definition) is 1. The van der Waals surface area contributed by atoms with Crippen molar-refractivity contribution in [2.75, 3.05) is 0 Å². The summed E-state index contributed by atoms with van der Waals surface area (Å²) >= 11 is 5.94. The molecule has 1 rings (SSSR count).